The Balaban J connectivity index is 2.61. The second-order valence-corrected chi connectivity index (χ2v) is 4.63. The molecule has 14 heavy (non-hydrogen) atoms. The molecule has 2 aromatic rings. The molecule has 0 unspecified atom stereocenters. The van der Waals surface area contributed by atoms with Gasteiger partial charge in [0.1, 0.15) is 0 Å². The lowest BCUT2D eigenvalue weighted by atomic mass is 10.2. The van der Waals surface area contributed by atoms with E-state index < -0.39 is 0 Å². The molecule has 0 saturated carbocycles. The topological polar surface area (TPSA) is 4.93 Å². The van der Waals surface area contributed by atoms with Gasteiger partial charge in [-0.05, 0) is 30.5 Å². The minimum atomic E-state index is 0.804. The predicted molar refractivity (Wildman–Crippen MR) is 65.1 cm³/mol. The third-order valence-corrected chi connectivity index (χ3v) is 3.22. The van der Waals surface area contributed by atoms with Crippen LogP contribution in [-0.2, 0) is 12.8 Å². The van der Waals surface area contributed by atoms with Gasteiger partial charge in [-0.3, -0.25) is 0 Å². The summed E-state index contributed by atoms with van der Waals surface area (Å²) in [4.78, 5) is 0. The van der Waals surface area contributed by atoms with Gasteiger partial charge in [0.2, 0.25) is 0 Å². The molecule has 0 saturated heterocycles. The first kappa shape index (κ1) is 9.94. The molecule has 74 valence electrons. The molecule has 1 heterocycles. The van der Waals surface area contributed by atoms with Gasteiger partial charge in [0.25, 0.3) is 0 Å². The average Bonchev–Trinajstić information content (AvgIpc) is 2.44. The van der Waals surface area contributed by atoms with E-state index >= 15 is 0 Å². The van der Waals surface area contributed by atoms with Gasteiger partial charge >= 0.3 is 0 Å². The number of aromatic nitrogens is 1. The van der Waals surface area contributed by atoms with Crippen molar-refractivity contribution in [2.24, 2.45) is 7.05 Å². The Hall–Kier alpha value is -0.600. The first-order valence-corrected chi connectivity index (χ1v) is 6.22. The van der Waals surface area contributed by atoms with Crippen LogP contribution >= 0.6 is 23.4 Å². The van der Waals surface area contributed by atoms with Crippen molar-refractivity contribution in [1.82, 2.24) is 4.57 Å². The lowest BCUT2D eigenvalue weighted by Crippen LogP contribution is -1.92. The summed E-state index contributed by atoms with van der Waals surface area (Å²) in [7, 11) is 2.10. The maximum absolute atomic E-state index is 5.94. The largest absolute Gasteiger partial charge is 0.347 e. The molecule has 0 N–H and O–H groups in total. The Morgan fingerprint density at radius 3 is 2.86 bits per heavy atom. The standard InChI is InChI=1S/C11H12ClNS/c1-13-10(7-14-2)6-8-5-9(12)3-4-11(8)13/h3-6H,7H2,1-2H3. The van der Waals surface area contributed by atoms with Gasteiger partial charge in [0.15, 0.2) is 0 Å². The van der Waals surface area contributed by atoms with Crippen molar-refractivity contribution < 1.29 is 0 Å². The normalized spacial score (nSPS) is 11.1. The summed E-state index contributed by atoms with van der Waals surface area (Å²) in [6.07, 6.45) is 2.12. The number of aryl methyl sites for hydroxylation is 1. The van der Waals surface area contributed by atoms with Crippen LogP contribution in [0.15, 0.2) is 24.3 Å². The quantitative estimate of drug-likeness (QED) is 0.755. The van der Waals surface area contributed by atoms with E-state index in [1.54, 1.807) is 0 Å². The van der Waals surface area contributed by atoms with Crippen molar-refractivity contribution in [3.63, 3.8) is 0 Å². The summed E-state index contributed by atoms with van der Waals surface area (Å²) in [6.45, 7) is 0. The Kier molecular flexibility index (Phi) is 2.75. The van der Waals surface area contributed by atoms with Crippen molar-refractivity contribution in [1.29, 1.82) is 0 Å². The molecule has 0 fully saturated rings. The molecule has 0 aliphatic rings. The second-order valence-electron chi connectivity index (χ2n) is 3.33. The zero-order valence-electron chi connectivity index (χ0n) is 8.25. The summed E-state index contributed by atoms with van der Waals surface area (Å²) in [5.74, 6) is 1.04. The van der Waals surface area contributed by atoms with Gasteiger partial charge in [-0.2, -0.15) is 11.8 Å². The van der Waals surface area contributed by atoms with Gasteiger partial charge in [-0.15, -0.1) is 0 Å². The number of hydrogen-bond donors (Lipinski definition) is 0. The van der Waals surface area contributed by atoms with Crippen LogP contribution in [0.3, 0.4) is 0 Å². The summed E-state index contributed by atoms with van der Waals surface area (Å²) in [6, 6.07) is 8.23. The minimum absolute atomic E-state index is 0.804. The average molecular weight is 226 g/mol. The van der Waals surface area contributed by atoms with Gasteiger partial charge in [0.05, 0.1) is 0 Å². The van der Waals surface area contributed by atoms with Crippen LogP contribution in [0, 0.1) is 0 Å². The lowest BCUT2D eigenvalue weighted by Gasteiger charge is -2.01. The van der Waals surface area contributed by atoms with Crippen LogP contribution in [0.1, 0.15) is 5.69 Å². The fraction of sp³-hybridized carbons (Fsp3) is 0.273. The molecule has 3 heteroatoms. The highest BCUT2D eigenvalue weighted by atomic mass is 35.5. The highest BCUT2D eigenvalue weighted by Crippen LogP contribution is 2.24. The minimum Gasteiger partial charge on any atom is -0.347 e. The number of halogens is 1. The van der Waals surface area contributed by atoms with E-state index in [0.29, 0.717) is 0 Å². The van der Waals surface area contributed by atoms with Crippen LogP contribution in [0.4, 0.5) is 0 Å². The van der Waals surface area contributed by atoms with Crippen molar-refractivity contribution in [2.75, 3.05) is 6.26 Å². The maximum atomic E-state index is 5.94. The molecule has 0 radical (unpaired) electrons. The zero-order chi connectivity index (χ0) is 10.1. The van der Waals surface area contributed by atoms with Crippen LogP contribution in [0.5, 0.6) is 0 Å². The molecule has 0 amide bonds. The number of nitrogens with zero attached hydrogens (tertiary/aromatic N) is 1. The van der Waals surface area contributed by atoms with Crippen LogP contribution in [0.25, 0.3) is 10.9 Å². The number of benzene rings is 1. The first-order chi connectivity index (χ1) is 6.72. The van der Waals surface area contributed by atoms with E-state index in [2.05, 4.69) is 30.0 Å². The fourth-order valence-corrected chi connectivity index (χ4v) is 2.42. The van der Waals surface area contributed by atoms with Gasteiger partial charge in [0, 0.05) is 34.4 Å². The Labute approximate surface area is 93.1 Å². The van der Waals surface area contributed by atoms with Gasteiger partial charge in [-0.25, -0.2) is 0 Å². The van der Waals surface area contributed by atoms with Crippen LogP contribution in [0.2, 0.25) is 5.02 Å². The fourth-order valence-electron chi connectivity index (χ4n) is 1.66. The van der Waals surface area contributed by atoms with E-state index in [9.17, 15) is 0 Å². The van der Waals surface area contributed by atoms with Crippen LogP contribution in [-0.4, -0.2) is 10.8 Å². The molecule has 2 rings (SSSR count). The maximum Gasteiger partial charge on any atom is 0.0481 e. The zero-order valence-corrected chi connectivity index (χ0v) is 9.82. The summed E-state index contributed by atoms with van der Waals surface area (Å²) in [5, 5.41) is 2.03. The van der Waals surface area contributed by atoms with Crippen molar-refractivity contribution in [3.8, 4) is 0 Å². The van der Waals surface area contributed by atoms with Gasteiger partial charge < -0.3 is 4.57 Å². The van der Waals surface area contributed by atoms with E-state index in [4.69, 9.17) is 11.6 Å². The highest BCUT2D eigenvalue weighted by molar-refractivity contribution is 7.97. The second kappa shape index (κ2) is 3.87. The van der Waals surface area contributed by atoms with Gasteiger partial charge in [-0.1, -0.05) is 11.6 Å². The molecular formula is C11H12ClNS. The van der Waals surface area contributed by atoms with E-state index in [1.807, 2.05) is 23.9 Å². The molecule has 0 spiro atoms. The van der Waals surface area contributed by atoms with E-state index in [1.165, 1.54) is 16.6 Å². The Morgan fingerprint density at radius 1 is 1.36 bits per heavy atom. The van der Waals surface area contributed by atoms with E-state index in [0.717, 1.165) is 10.8 Å². The Bertz CT molecular complexity index is 462. The van der Waals surface area contributed by atoms with Crippen molar-refractivity contribution in [3.05, 3.63) is 35.0 Å². The smallest absolute Gasteiger partial charge is 0.0481 e. The molecule has 1 aromatic carbocycles. The van der Waals surface area contributed by atoms with Crippen molar-refractivity contribution >= 4 is 34.3 Å². The highest BCUT2D eigenvalue weighted by Gasteiger charge is 2.04. The molecule has 0 atom stereocenters. The molecule has 0 bridgehead atoms. The third-order valence-electron chi connectivity index (χ3n) is 2.40. The molecule has 1 aromatic heterocycles. The lowest BCUT2D eigenvalue weighted by molar-refractivity contribution is 0.910. The third kappa shape index (κ3) is 1.64. The summed E-state index contributed by atoms with van der Waals surface area (Å²) in [5.41, 5.74) is 2.59. The summed E-state index contributed by atoms with van der Waals surface area (Å²) >= 11 is 7.78. The summed E-state index contributed by atoms with van der Waals surface area (Å²) < 4.78 is 2.22. The first-order valence-electron chi connectivity index (χ1n) is 4.45. The molecule has 0 aliphatic carbocycles. The number of rotatable bonds is 2. The van der Waals surface area contributed by atoms with E-state index in [-0.39, 0.29) is 0 Å². The van der Waals surface area contributed by atoms with Crippen molar-refractivity contribution in [2.45, 2.75) is 5.75 Å². The molecule has 0 aliphatic heterocycles. The van der Waals surface area contributed by atoms with Crippen LogP contribution < -0.4 is 0 Å². The number of fused-ring (bicyclic) bond motifs is 1. The number of thioether (sulfide) groups is 1. The predicted octanol–water partition coefficient (Wildman–Crippen LogP) is 3.69. The molecular weight excluding hydrogens is 214 g/mol. The number of hydrogen-bond acceptors (Lipinski definition) is 1. The Morgan fingerprint density at radius 2 is 2.14 bits per heavy atom. The molecule has 1 nitrogen and oxygen atoms in total. The monoisotopic (exact) mass is 225 g/mol. The SMILES string of the molecule is CSCc1cc2cc(Cl)ccc2n1C.